The first-order chi connectivity index (χ1) is 16.0. The molecule has 4 aromatic rings. The lowest BCUT2D eigenvalue weighted by Crippen LogP contribution is -2.40. The molecule has 5 rings (SSSR count). The van der Waals surface area contributed by atoms with Crippen molar-refractivity contribution in [2.45, 2.75) is 49.5 Å². The van der Waals surface area contributed by atoms with E-state index in [4.69, 9.17) is 0 Å². The molecule has 4 aromatic heterocycles. The summed E-state index contributed by atoms with van der Waals surface area (Å²) in [5.41, 5.74) is 0.734. The molecular weight excluding hydrogens is 478 g/mol. The van der Waals surface area contributed by atoms with Crippen LogP contribution in [0.25, 0.3) is 10.2 Å². The van der Waals surface area contributed by atoms with Crippen LogP contribution in [0.1, 0.15) is 36.7 Å². The van der Waals surface area contributed by atoms with E-state index in [-0.39, 0.29) is 22.7 Å². The SMILES string of the molecule is Cc1cc(Cn2c(=O)n(Cc3cnn(C)c3)c(=O)c3cc(S(=O)(=O)NC4(C)CC4)sc32)n(C)n1. The zero-order valence-electron chi connectivity index (χ0n) is 19.3. The summed E-state index contributed by atoms with van der Waals surface area (Å²) in [4.78, 5) is 27.2. The van der Waals surface area contributed by atoms with Gasteiger partial charge in [-0.15, -0.1) is 11.3 Å². The summed E-state index contributed by atoms with van der Waals surface area (Å²) in [5.74, 6) is 0. The predicted molar refractivity (Wildman–Crippen MR) is 128 cm³/mol. The minimum absolute atomic E-state index is 0.0150. The smallest absolute Gasteiger partial charge is 0.278 e. The van der Waals surface area contributed by atoms with Crippen LogP contribution < -0.4 is 16.0 Å². The fourth-order valence-electron chi connectivity index (χ4n) is 3.96. The standard InChI is InChI=1S/C21H25N7O4S2/c1-13-7-15(26(4)23-13)12-28-19-16(8-17(33-19)34(31,32)24-21(2)5-6-21)18(29)27(20(28)30)11-14-9-22-25(3)10-14/h7-10,24H,5-6,11-12H2,1-4H3. The van der Waals surface area contributed by atoms with Gasteiger partial charge in [-0.2, -0.15) is 10.2 Å². The van der Waals surface area contributed by atoms with Crippen molar-refractivity contribution in [2.24, 2.45) is 14.1 Å². The first-order valence-corrected chi connectivity index (χ1v) is 13.0. The van der Waals surface area contributed by atoms with E-state index >= 15 is 0 Å². The van der Waals surface area contributed by atoms with Crippen LogP contribution in [0.5, 0.6) is 0 Å². The van der Waals surface area contributed by atoms with Crippen LogP contribution in [-0.2, 0) is 37.2 Å². The maximum atomic E-state index is 13.5. The second kappa shape index (κ2) is 7.75. The van der Waals surface area contributed by atoms with Gasteiger partial charge in [0.15, 0.2) is 0 Å². The number of nitrogens with one attached hydrogen (secondary N) is 1. The Balaban J connectivity index is 1.70. The topological polar surface area (TPSA) is 126 Å². The molecule has 0 radical (unpaired) electrons. The molecule has 0 unspecified atom stereocenters. The normalized spacial score (nSPS) is 15.3. The Bertz CT molecular complexity index is 1650. The summed E-state index contributed by atoms with van der Waals surface area (Å²) in [6.45, 7) is 3.87. The van der Waals surface area contributed by atoms with Crippen LogP contribution in [0, 0.1) is 6.92 Å². The molecule has 0 aromatic carbocycles. The van der Waals surface area contributed by atoms with E-state index in [0.717, 1.165) is 40.1 Å². The van der Waals surface area contributed by atoms with Crippen LogP contribution in [0.4, 0.5) is 0 Å². The lowest BCUT2D eigenvalue weighted by atomic mass is 10.3. The molecule has 4 heterocycles. The second-order valence-corrected chi connectivity index (χ2v) is 12.1. The number of aromatic nitrogens is 6. The van der Waals surface area contributed by atoms with Gasteiger partial charge in [-0.1, -0.05) is 0 Å². The van der Waals surface area contributed by atoms with Crippen molar-refractivity contribution in [3.63, 3.8) is 0 Å². The molecule has 0 atom stereocenters. The molecule has 0 amide bonds. The highest BCUT2D eigenvalue weighted by atomic mass is 32.2. The number of aryl methyl sites for hydroxylation is 3. The van der Waals surface area contributed by atoms with Gasteiger partial charge in [-0.05, 0) is 38.8 Å². The summed E-state index contributed by atoms with van der Waals surface area (Å²) in [6.07, 6.45) is 4.85. The van der Waals surface area contributed by atoms with E-state index in [2.05, 4.69) is 14.9 Å². The average Bonchev–Trinajstić information content (AvgIpc) is 3.11. The zero-order valence-corrected chi connectivity index (χ0v) is 20.9. The van der Waals surface area contributed by atoms with Crippen molar-refractivity contribution < 1.29 is 8.42 Å². The number of sulfonamides is 1. The molecule has 0 spiro atoms. The van der Waals surface area contributed by atoms with Gasteiger partial charge in [-0.3, -0.25) is 23.3 Å². The Morgan fingerprint density at radius 2 is 1.88 bits per heavy atom. The molecule has 1 N–H and O–H groups in total. The van der Waals surface area contributed by atoms with Gasteiger partial charge in [0.2, 0.25) is 0 Å². The Morgan fingerprint density at radius 3 is 2.47 bits per heavy atom. The van der Waals surface area contributed by atoms with Crippen LogP contribution in [-0.4, -0.2) is 42.7 Å². The molecule has 34 heavy (non-hydrogen) atoms. The molecule has 180 valence electrons. The van der Waals surface area contributed by atoms with Crippen molar-refractivity contribution in [3.05, 3.63) is 62.3 Å². The minimum atomic E-state index is -3.83. The van der Waals surface area contributed by atoms with E-state index in [1.165, 1.54) is 10.6 Å². The average molecular weight is 504 g/mol. The van der Waals surface area contributed by atoms with Gasteiger partial charge in [0.1, 0.15) is 9.04 Å². The third kappa shape index (κ3) is 4.03. The highest BCUT2D eigenvalue weighted by molar-refractivity contribution is 7.91. The lowest BCUT2D eigenvalue weighted by molar-refractivity contribution is 0.560. The molecule has 0 aliphatic heterocycles. The molecule has 11 nitrogen and oxygen atoms in total. The van der Waals surface area contributed by atoms with Crippen LogP contribution >= 0.6 is 11.3 Å². The predicted octanol–water partition coefficient (Wildman–Crippen LogP) is 0.928. The van der Waals surface area contributed by atoms with Crippen LogP contribution in [0.15, 0.2) is 38.3 Å². The van der Waals surface area contributed by atoms with Crippen molar-refractivity contribution in [2.75, 3.05) is 0 Å². The van der Waals surface area contributed by atoms with Crippen molar-refractivity contribution >= 4 is 31.6 Å². The number of fused-ring (bicyclic) bond motifs is 1. The van der Waals surface area contributed by atoms with E-state index in [1.807, 2.05) is 19.9 Å². The summed E-state index contributed by atoms with van der Waals surface area (Å²) in [7, 11) is -0.304. The van der Waals surface area contributed by atoms with Gasteiger partial charge in [0.25, 0.3) is 15.6 Å². The molecule has 0 saturated heterocycles. The van der Waals surface area contributed by atoms with Gasteiger partial charge in [-0.25, -0.2) is 17.9 Å². The Morgan fingerprint density at radius 1 is 1.15 bits per heavy atom. The molecule has 1 aliphatic rings. The quantitative estimate of drug-likeness (QED) is 0.400. The van der Waals surface area contributed by atoms with Gasteiger partial charge >= 0.3 is 5.69 Å². The van der Waals surface area contributed by atoms with Crippen molar-refractivity contribution in [3.8, 4) is 0 Å². The minimum Gasteiger partial charge on any atom is -0.278 e. The summed E-state index contributed by atoms with van der Waals surface area (Å²) < 4.78 is 34.6. The fraction of sp³-hybridized carbons (Fsp3) is 0.429. The monoisotopic (exact) mass is 503 g/mol. The number of hydrogen-bond acceptors (Lipinski definition) is 7. The molecule has 1 fully saturated rings. The first kappa shape index (κ1) is 22.7. The Labute approximate surface area is 199 Å². The highest BCUT2D eigenvalue weighted by Gasteiger charge is 2.41. The molecule has 13 heteroatoms. The zero-order chi connectivity index (χ0) is 24.4. The number of hydrogen-bond donors (Lipinski definition) is 1. The molecule has 0 bridgehead atoms. The van der Waals surface area contributed by atoms with Gasteiger partial charge in [0, 0.05) is 31.4 Å². The lowest BCUT2D eigenvalue weighted by Gasteiger charge is -2.12. The highest BCUT2D eigenvalue weighted by Crippen LogP contribution is 2.37. The Hall–Kier alpha value is -3.03. The number of nitrogens with zero attached hydrogens (tertiary/aromatic N) is 6. The van der Waals surface area contributed by atoms with Gasteiger partial charge in [0.05, 0.1) is 36.1 Å². The number of thiophene rings is 1. The van der Waals surface area contributed by atoms with Crippen LogP contribution in [0.2, 0.25) is 0 Å². The Kier molecular flexibility index (Phi) is 5.18. The fourth-order valence-corrected chi connectivity index (χ4v) is 6.87. The van der Waals surface area contributed by atoms with Crippen molar-refractivity contribution in [1.82, 2.24) is 33.4 Å². The molecular formula is C21H25N7O4S2. The summed E-state index contributed by atoms with van der Waals surface area (Å²) in [5, 5.41) is 8.64. The maximum Gasteiger partial charge on any atom is 0.332 e. The molecule has 1 saturated carbocycles. The largest absolute Gasteiger partial charge is 0.332 e. The second-order valence-electron chi connectivity index (χ2n) is 9.13. The third-order valence-electron chi connectivity index (χ3n) is 6.04. The van der Waals surface area contributed by atoms with Gasteiger partial charge < -0.3 is 0 Å². The van der Waals surface area contributed by atoms with E-state index < -0.39 is 26.8 Å². The number of rotatable bonds is 7. The van der Waals surface area contributed by atoms with Crippen molar-refractivity contribution in [1.29, 1.82) is 0 Å². The molecule has 1 aliphatic carbocycles. The third-order valence-corrected chi connectivity index (χ3v) is 9.31. The maximum absolute atomic E-state index is 13.5. The van der Waals surface area contributed by atoms with E-state index in [9.17, 15) is 18.0 Å². The van der Waals surface area contributed by atoms with Crippen LogP contribution in [0.3, 0.4) is 0 Å². The summed E-state index contributed by atoms with van der Waals surface area (Å²) >= 11 is 0.932. The van der Waals surface area contributed by atoms with E-state index in [1.54, 1.807) is 35.9 Å². The van der Waals surface area contributed by atoms with E-state index in [0.29, 0.717) is 10.4 Å². The first-order valence-electron chi connectivity index (χ1n) is 10.7. The summed E-state index contributed by atoms with van der Waals surface area (Å²) in [6, 6.07) is 3.23.